The SMILES string of the molecule is CCOc1ncccc1NC(=O)NC[C@H](c1cccs1)N1CCN(C)CC1. The molecule has 1 saturated heterocycles. The van der Waals surface area contributed by atoms with E-state index in [9.17, 15) is 4.79 Å². The maximum atomic E-state index is 12.4. The van der Waals surface area contributed by atoms with Crippen molar-refractivity contribution < 1.29 is 9.53 Å². The van der Waals surface area contributed by atoms with Crippen LogP contribution in [0.3, 0.4) is 0 Å². The second-order valence-electron chi connectivity index (χ2n) is 6.49. The van der Waals surface area contributed by atoms with Crippen molar-refractivity contribution in [3.05, 3.63) is 40.7 Å². The Morgan fingerprint density at radius 3 is 2.81 bits per heavy atom. The molecule has 0 saturated carbocycles. The lowest BCUT2D eigenvalue weighted by molar-refractivity contribution is 0.113. The molecule has 0 unspecified atom stereocenters. The normalized spacial score (nSPS) is 16.7. The highest BCUT2D eigenvalue weighted by atomic mass is 32.1. The molecular weight excluding hydrogens is 362 g/mol. The average Bonchev–Trinajstić information content (AvgIpc) is 3.19. The van der Waals surface area contributed by atoms with Gasteiger partial charge in [0, 0.05) is 43.8 Å². The first-order chi connectivity index (χ1) is 13.2. The molecule has 0 aromatic carbocycles. The molecule has 1 atom stereocenters. The minimum atomic E-state index is -0.250. The molecule has 146 valence electrons. The topological polar surface area (TPSA) is 69.7 Å². The Kier molecular flexibility index (Phi) is 7.03. The summed E-state index contributed by atoms with van der Waals surface area (Å²) in [6, 6.07) is 7.70. The average molecular weight is 390 g/mol. The predicted molar refractivity (Wildman–Crippen MR) is 109 cm³/mol. The van der Waals surface area contributed by atoms with Gasteiger partial charge < -0.3 is 20.3 Å². The Hall–Kier alpha value is -2.16. The summed E-state index contributed by atoms with van der Waals surface area (Å²) in [7, 11) is 2.15. The van der Waals surface area contributed by atoms with Gasteiger partial charge in [-0.2, -0.15) is 0 Å². The zero-order chi connectivity index (χ0) is 19.1. The van der Waals surface area contributed by atoms with Crippen LogP contribution in [0.1, 0.15) is 17.8 Å². The number of carbonyl (C=O) groups excluding carboxylic acids is 1. The molecule has 2 amide bonds. The van der Waals surface area contributed by atoms with Gasteiger partial charge in [-0.3, -0.25) is 4.90 Å². The minimum Gasteiger partial charge on any atom is -0.476 e. The van der Waals surface area contributed by atoms with E-state index >= 15 is 0 Å². The zero-order valence-electron chi connectivity index (χ0n) is 15.9. The largest absolute Gasteiger partial charge is 0.476 e. The number of carbonyl (C=O) groups is 1. The Morgan fingerprint density at radius 2 is 2.11 bits per heavy atom. The molecule has 27 heavy (non-hydrogen) atoms. The van der Waals surface area contributed by atoms with Crippen molar-refractivity contribution in [1.82, 2.24) is 20.1 Å². The summed E-state index contributed by atoms with van der Waals surface area (Å²) in [6.07, 6.45) is 1.65. The molecule has 2 aromatic heterocycles. The van der Waals surface area contributed by atoms with Gasteiger partial charge in [0.1, 0.15) is 5.69 Å². The van der Waals surface area contributed by atoms with Crippen molar-refractivity contribution >= 4 is 23.1 Å². The number of ether oxygens (including phenoxy) is 1. The monoisotopic (exact) mass is 389 g/mol. The molecule has 3 rings (SSSR count). The number of likely N-dealkylation sites (N-methyl/N-ethyl adjacent to an activating group) is 1. The third-order valence-corrected chi connectivity index (χ3v) is 5.58. The third kappa shape index (κ3) is 5.41. The fourth-order valence-corrected chi connectivity index (χ4v) is 3.98. The van der Waals surface area contributed by atoms with Crippen LogP contribution in [-0.4, -0.2) is 67.2 Å². The molecule has 3 heterocycles. The van der Waals surface area contributed by atoms with Crippen molar-refractivity contribution in [2.75, 3.05) is 51.7 Å². The van der Waals surface area contributed by atoms with Gasteiger partial charge in [-0.1, -0.05) is 6.07 Å². The minimum absolute atomic E-state index is 0.185. The molecule has 2 aromatic rings. The van der Waals surface area contributed by atoms with E-state index in [4.69, 9.17) is 4.74 Å². The number of urea groups is 1. The highest BCUT2D eigenvalue weighted by molar-refractivity contribution is 7.10. The molecule has 0 bridgehead atoms. The number of aromatic nitrogens is 1. The van der Waals surface area contributed by atoms with Crippen LogP contribution < -0.4 is 15.4 Å². The first kappa shape index (κ1) is 19.6. The fourth-order valence-electron chi connectivity index (χ4n) is 3.12. The third-order valence-electron chi connectivity index (χ3n) is 4.61. The van der Waals surface area contributed by atoms with Crippen LogP contribution in [0.2, 0.25) is 0 Å². The lowest BCUT2D eigenvalue weighted by Gasteiger charge is -2.37. The maximum absolute atomic E-state index is 12.4. The number of anilines is 1. The smallest absolute Gasteiger partial charge is 0.319 e. The summed E-state index contributed by atoms with van der Waals surface area (Å²) in [4.78, 5) is 22.7. The summed E-state index contributed by atoms with van der Waals surface area (Å²) in [5.41, 5.74) is 0.573. The highest BCUT2D eigenvalue weighted by Gasteiger charge is 2.25. The van der Waals surface area contributed by atoms with Crippen molar-refractivity contribution in [2.45, 2.75) is 13.0 Å². The van der Waals surface area contributed by atoms with Crippen LogP contribution in [0.25, 0.3) is 0 Å². The Bertz CT molecular complexity index is 717. The number of rotatable bonds is 7. The standard InChI is InChI=1S/C19H27N5O2S/c1-3-26-18-15(6-4-8-20-18)22-19(25)21-14-16(17-7-5-13-27-17)24-11-9-23(2)10-12-24/h4-8,13,16H,3,9-12,14H2,1-2H3,(H2,21,22,25)/t16-/m1/s1. The molecule has 2 N–H and O–H groups in total. The first-order valence-electron chi connectivity index (χ1n) is 9.26. The molecule has 0 aliphatic carbocycles. The molecule has 8 heteroatoms. The molecule has 1 aliphatic rings. The molecule has 1 fully saturated rings. The van der Waals surface area contributed by atoms with E-state index in [1.165, 1.54) is 4.88 Å². The number of piperazine rings is 1. The Balaban J connectivity index is 1.61. The number of thiophene rings is 1. The quantitative estimate of drug-likeness (QED) is 0.762. The second kappa shape index (κ2) is 9.68. The van der Waals surface area contributed by atoms with Crippen LogP contribution in [0.4, 0.5) is 10.5 Å². The number of hydrogen-bond donors (Lipinski definition) is 2. The summed E-state index contributed by atoms with van der Waals surface area (Å²) < 4.78 is 5.46. The van der Waals surface area contributed by atoms with Crippen molar-refractivity contribution in [3.8, 4) is 5.88 Å². The van der Waals surface area contributed by atoms with Gasteiger partial charge in [-0.15, -0.1) is 11.3 Å². The fraction of sp³-hybridized carbons (Fsp3) is 0.474. The van der Waals surface area contributed by atoms with Gasteiger partial charge in [-0.25, -0.2) is 9.78 Å². The van der Waals surface area contributed by atoms with Gasteiger partial charge in [0.2, 0.25) is 5.88 Å². The molecule has 7 nitrogen and oxygen atoms in total. The maximum Gasteiger partial charge on any atom is 0.319 e. The van der Waals surface area contributed by atoms with Gasteiger partial charge in [-0.05, 0) is 37.6 Å². The second-order valence-corrected chi connectivity index (χ2v) is 7.47. The van der Waals surface area contributed by atoms with Crippen LogP contribution in [0.5, 0.6) is 5.88 Å². The Morgan fingerprint density at radius 1 is 1.30 bits per heavy atom. The van der Waals surface area contributed by atoms with E-state index in [1.807, 2.05) is 6.92 Å². The van der Waals surface area contributed by atoms with Gasteiger partial charge in [0.15, 0.2) is 0 Å². The summed E-state index contributed by atoms with van der Waals surface area (Å²) in [5.74, 6) is 0.434. The van der Waals surface area contributed by atoms with Crippen molar-refractivity contribution in [1.29, 1.82) is 0 Å². The van der Waals surface area contributed by atoms with Crippen LogP contribution in [0.15, 0.2) is 35.8 Å². The van der Waals surface area contributed by atoms with Crippen LogP contribution in [-0.2, 0) is 0 Å². The van der Waals surface area contributed by atoms with Crippen LogP contribution >= 0.6 is 11.3 Å². The molecular formula is C19H27N5O2S. The Labute approximate surface area is 164 Å². The number of nitrogens with one attached hydrogen (secondary N) is 2. The van der Waals surface area contributed by atoms with E-state index in [0.29, 0.717) is 24.7 Å². The number of nitrogens with zero attached hydrogens (tertiary/aromatic N) is 3. The van der Waals surface area contributed by atoms with Gasteiger partial charge in [0.25, 0.3) is 0 Å². The molecule has 0 radical (unpaired) electrons. The lowest BCUT2D eigenvalue weighted by atomic mass is 10.1. The molecule has 0 spiro atoms. The summed E-state index contributed by atoms with van der Waals surface area (Å²) in [5, 5.41) is 7.95. The van der Waals surface area contributed by atoms with E-state index < -0.39 is 0 Å². The van der Waals surface area contributed by atoms with Crippen LogP contribution in [0, 0.1) is 0 Å². The highest BCUT2D eigenvalue weighted by Crippen LogP contribution is 2.26. The van der Waals surface area contributed by atoms with Gasteiger partial charge in [0.05, 0.1) is 12.6 Å². The van der Waals surface area contributed by atoms with E-state index in [2.05, 4.69) is 50.0 Å². The molecule has 1 aliphatic heterocycles. The lowest BCUT2D eigenvalue weighted by Crippen LogP contribution is -2.48. The summed E-state index contributed by atoms with van der Waals surface area (Å²) >= 11 is 1.73. The first-order valence-corrected chi connectivity index (χ1v) is 10.1. The number of pyridine rings is 1. The van der Waals surface area contributed by atoms with E-state index in [-0.39, 0.29) is 12.1 Å². The van der Waals surface area contributed by atoms with Crippen molar-refractivity contribution in [2.24, 2.45) is 0 Å². The zero-order valence-corrected chi connectivity index (χ0v) is 16.7. The van der Waals surface area contributed by atoms with E-state index in [1.54, 1.807) is 29.7 Å². The van der Waals surface area contributed by atoms with Gasteiger partial charge >= 0.3 is 6.03 Å². The predicted octanol–water partition coefficient (Wildman–Crippen LogP) is 2.65. The summed E-state index contributed by atoms with van der Waals surface area (Å²) in [6.45, 7) is 7.03. The van der Waals surface area contributed by atoms with Crippen molar-refractivity contribution in [3.63, 3.8) is 0 Å². The number of amides is 2. The number of hydrogen-bond acceptors (Lipinski definition) is 6. The van der Waals surface area contributed by atoms with E-state index in [0.717, 1.165) is 26.2 Å².